The van der Waals surface area contributed by atoms with Crippen LogP contribution in [0.25, 0.3) is 0 Å². The Morgan fingerprint density at radius 1 is 1.04 bits per heavy atom. The number of aliphatic carboxylic acids is 2. The number of hydrogen-bond acceptors (Lipinski definition) is 6. The zero-order valence-corrected chi connectivity index (χ0v) is 13.1. The minimum absolute atomic E-state index is 0.136. The number of nitrogens with zero attached hydrogens (tertiary/aromatic N) is 1. The molecule has 0 aromatic heterocycles. The maximum atomic E-state index is 11.8. The minimum Gasteiger partial charge on any atom is -0.481 e. The zero-order chi connectivity index (χ0) is 18.8. The lowest BCUT2D eigenvalue weighted by Crippen LogP contribution is -2.37. The van der Waals surface area contributed by atoms with Crippen LogP contribution in [0, 0.1) is 5.92 Å². The first kappa shape index (κ1) is 19.6. The van der Waals surface area contributed by atoms with Gasteiger partial charge in [0.15, 0.2) is 5.92 Å². The Kier molecular flexibility index (Phi) is 7.57. The van der Waals surface area contributed by atoms with E-state index in [4.69, 9.17) is 16.1 Å². The van der Waals surface area contributed by atoms with E-state index in [0.29, 0.717) is 5.69 Å². The molecule has 0 saturated carbocycles. The van der Waals surface area contributed by atoms with E-state index in [-0.39, 0.29) is 12.8 Å². The number of carbonyl (C=O) groups is 4. The number of carbonyl (C=O) groups excluding carboxylic acids is 2. The third-order valence-corrected chi connectivity index (χ3v) is 3.10. The summed E-state index contributed by atoms with van der Waals surface area (Å²) in [6, 6.07) is 6.66. The van der Waals surface area contributed by atoms with Gasteiger partial charge in [0.1, 0.15) is 0 Å². The molecular weight excluding hydrogens is 332 g/mol. The largest absolute Gasteiger partial charge is 0.481 e. The standard InChI is InChI=1S/C15H18N4O6/c16-18-7-9-1-3-10(4-2-9)19-13(21)6-5-12(20)17-8-11(14(22)23)15(24)25/h1-4,7,11H,5-6,8,16H2,(H,17,20)(H,19,21)(H,22,23)(H,24,25). The van der Waals surface area contributed by atoms with Crippen LogP contribution < -0.4 is 16.5 Å². The molecule has 6 N–H and O–H groups in total. The number of carboxylic acids is 2. The summed E-state index contributed by atoms with van der Waals surface area (Å²) in [6.45, 7) is -0.546. The van der Waals surface area contributed by atoms with Crippen LogP contribution in [-0.4, -0.2) is 46.7 Å². The van der Waals surface area contributed by atoms with Crippen molar-refractivity contribution in [1.29, 1.82) is 0 Å². The van der Waals surface area contributed by atoms with Crippen LogP contribution in [0.4, 0.5) is 5.69 Å². The van der Waals surface area contributed by atoms with Gasteiger partial charge in [0.25, 0.3) is 0 Å². The predicted octanol–water partition coefficient (Wildman–Crippen LogP) is -0.400. The van der Waals surface area contributed by atoms with Crippen LogP contribution in [-0.2, 0) is 19.2 Å². The molecule has 0 radical (unpaired) electrons. The number of amides is 2. The second-order valence-corrected chi connectivity index (χ2v) is 4.98. The second-order valence-electron chi connectivity index (χ2n) is 4.98. The molecule has 10 heteroatoms. The van der Waals surface area contributed by atoms with Crippen molar-refractivity contribution in [3.05, 3.63) is 29.8 Å². The maximum absolute atomic E-state index is 11.8. The smallest absolute Gasteiger partial charge is 0.319 e. The molecule has 1 aromatic carbocycles. The van der Waals surface area contributed by atoms with Crippen molar-refractivity contribution in [1.82, 2.24) is 5.32 Å². The van der Waals surface area contributed by atoms with Crippen LogP contribution in [0.15, 0.2) is 29.4 Å². The number of nitrogens with one attached hydrogen (secondary N) is 2. The fraction of sp³-hybridized carbons (Fsp3) is 0.267. The molecule has 0 heterocycles. The molecule has 0 saturated heterocycles. The molecule has 0 unspecified atom stereocenters. The molecule has 1 rings (SSSR count). The number of hydrogen-bond donors (Lipinski definition) is 5. The van der Waals surface area contributed by atoms with E-state index < -0.39 is 36.2 Å². The first-order valence-electron chi connectivity index (χ1n) is 7.19. The van der Waals surface area contributed by atoms with Crippen LogP contribution in [0.2, 0.25) is 0 Å². The van der Waals surface area contributed by atoms with E-state index in [9.17, 15) is 19.2 Å². The van der Waals surface area contributed by atoms with Gasteiger partial charge in [-0.25, -0.2) is 0 Å². The summed E-state index contributed by atoms with van der Waals surface area (Å²) in [5.41, 5.74) is 1.28. The molecule has 134 valence electrons. The lowest BCUT2D eigenvalue weighted by Gasteiger charge is -2.09. The fourth-order valence-corrected chi connectivity index (χ4v) is 1.77. The Hall–Kier alpha value is -3.43. The Labute approximate surface area is 142 Å². The van der Waals surface area contributed by atoms with Gasteiger partial charge < -0.3 is 26.7 Å². The summed E-state index contributed by atoms with van der Waals surface area (Å²) in [5.74, 6) is -0.830. The Bertz CT molecular complexity index is 657. The van der Waals surface area contributed by atoms with Crippen LogP contribution in [0.1, 0.15) is 18.4 Å². The molecule has 0 aliphatic heterocycles. The van der Waals surface area contributed by atoms with Crippen molar-refractivity contribution >= 4 is 35.7 Å². The summed E-state index contributed by atoms with van der Waals surface area (Å²) >= 11 is 0. The van der Waals surface area contributed by atoms with E-state index in [1.54, 1.807) is 24.3 Å². The third-order valence-electron chi connectivity index (χ3n) is 3.10. The van der Waals surface area contributed by atoms with Crippen molar-refractivity contribution in [2.24, 2.45) is 16.9 Å². The topological polar surface area (TPSA) is 171 Å². The highest BCUT2D eigenvalue weighted by Crippen LogP contribution is 2.09. The minimum atomic E-state index is -1.73. The summed E-state index contributed by atoms with van der Waals surface area (Å²) in [5, 5.41) is 25.5. The highest BCUT2D eigenvalue weighted by atomic mass is 16.4. The van der Waals surface area contributed by atoms with Crippen LogP contribution >= 0.6 is 0 Å². The first-order chi connectivity index (χ1) is 11.8. The van der Waals surface area contributed by atoms with Crippen molar-refractivity contribution < 1.29 is 29.4 Å². The molecule has 0 fully saturated rings. The molecule has 25 heavy (non-hydrogen) atoms. The monoisotopic (exact) mass is 350 g/mol. The molecule has 0 aliphatic rings. The van der Waals surface area contributed by atoms with Crippen molar-refractivity contribution in [2.75, 3.05) is 11.9 Å². The van der Waals surface area contributed by atoms with Crippen molar-refractivity contribution in [3.8, 4) is 0 Å². The molecule has 0 atom stereocenters. The van der Waals surface area contributed by atoms with Gasteiger partial charge in [-0.3, -0.25) is 19.2 Å². The van der Waals surface area contributed by atoms with Crippen molar-refractivity contribution in [3.63, 3.8) is 0 Å². The molecule has 0 bridgehead atoms. The van der Waals surface area contributed by atoms with E-state index in [1.165, 1.54) is 6.21 Å². The van der Waals surface area contributed by atoms with Crippen LogP contribution in [0.3, 0.4) is 0 Å². The van der Waals surface area contributed by atoms with Gasteiger partial charge in [0, 0.05) is 25.1 Å². The predicted molar refractivity (Wildman–Crippen MR) is 87.9 cm³/mol. The van der Waals surface area contributed by atoms with Gasteiger partial charge in [-0.2, -0.15) is 5.10 Å². The summed E-state index contributed by atoms with van der Waals surface area (Å²) in [6.07, 6.45) is 1.11. The van der Waals surface area contributed by atoms with E-state index in [1.807, 2.05) is 0 Å². The van der Waals surface area contributed by atoms with Crippen LogP contribution in [0.5, 0.6) is 0 Å². The van der Waals surface area contributed by atoms with Gasteiger partial charge >= 0.3 is 11.9 Å². The number of carboxylic acid groups (broad SMARTS) is 2. The number of benzene rings is 1. The third kappa shape index (κ3) is 7.12. The molecular formula is C15H18N4O6. The van der Waals surface area contributed by atoms with Gasteiger partial charge in [-0.05, 0) is 17.7 Å². The summed E-state index contributed by atoms with van der Waals surface area (Å²) in [7, 11) is 0. The molecule has 0 aliphatic carbocycles. The number of hydrazone groups is 1. The number of rotatable bonds is 9. The SMILES string of the molecule is NN=Cc1ccc(NC(=O)CCC(=O)NCC(C(=O)O)C(=O)O)cc1. The quantitative estimate of drug-likeness (QED) is 0.174. The zero-order valence-electron chi connectivity index (χ0n) is 13.1. The number of nitrogens with two attached hydrogens (primary N) is 1. The number of anilines is 1. The van der Waals surface area contributed by atoms with Gasteiger partial charge in [0.2, 0.25) is 11.8 Å². The van der Waals surface area contributed by atoms with Crippen molar-refractivity contribution in [2.45, 2.75) is 12.8 Å². The molecule has 10 nitrogen and oxygen atoms in total. The summed E-state index contributed by atoms with van der Waals surface area (Å²) < 4.78 is 0. The molecule has 1 aromatic rings. The highest BCUT2D eigenvalue weighted by molar-refractivity contribution is 5.95. The Morgan fingerprint density at radius 3 is 2.12 bits per heavy atom. The Balaban J connectivity index is 2.39. The lowest BCUT2D eigenvalue weighted by atomic mass is 10.1. The first-order valence-corrected chi connectivity index (χ1v) is 7.19. The highest BCUT2D eigenvalue weighted by Gasteiger charge is 2.26. The maximum Gasteiger partial charge on any atom is 0.319 e. The average molecular weight is 350 g/mol. The van der Waals surface area contributed by atoms with Gasteiger partial charge in [-0.1, -0.05) is 12.1 Å². The average Bonchev–Trinajstić information content (AvgIpc) is 2.54. The lowest BCUT2D eigenvalue weighted by molar-refractivity contribution is -0.154. The van der Waals surface area contributed by atoms with Gasteiger partial charge in [-0.15, -0.1) is 0 Å². The molecule has 0 spiro atoms. The normalized spacial score (nSPS) is 10.6. The summed E-state index contributed by atoms with van der Waals surface area (Å²) in [4.78, 5) is 44.7. The van der Waals surface area contributed by atoms with E-state index in [0.717, 1.165) is 5.56 Å². The second kappa shape index (κ2) is 9.65. The fourth-order valence-electron chi connectivity index (χ4n) is 1.77. The van der Waals surface area contributed by atoms with E-state index in [2.05, 4.69) is 15.7 Å². The van der Waals surface area contributed by atoms with Gasteiger partial charge in [0.05, 0.1) is 6.21 Å². The molecule has 2 amide bonds. The van der Waals surface area contributed by atoms with E-state index >= 15 is 0 Å². The Morgan fingerprint density at radius 2 is 1.60 bits per heavy atom.